The van der Waals surface area contributed by atoms with Crippen molar-refractivity contribution >= 4 is 11.8 Å². The molecule has 2 N–H and O–H groups in total. The van der Waals surface area contributed by atoms with Gasteiger partial charge in [0.25, 0.3) is 0 Å². The van der Waals surface area contributed by atoms with Gasteiger partial charge in [-0.25, -0.2) is 4.98 Å². The number of aromatic nitrogens is 1. The lowest BCUT2D eigenvalue weighted by Gasteiger charge is -2.12. The molecule has 1 atom stereocenters. The molecule has 0 saturated carbocycles. The van der Waals surface area contributed by atoms with E-state index in [4.69, 9.17) is 10.5 Å². The minimum Gasteiger partial charge on any atom is -0.496 e. The smallest absolute Gasteiger partial charge is 0.132 e. The summed E-state index contributed by atoms with van der Waals surface area (Å²) in [4.78, 5) is 5.44. The average Bonchev–Trinajstić information content (AvgIpc) is 2.40. The van der Waals surface area contributed by atoms with Crippen LogP contribution in [0, 0.1) is 0 Å². The lowest BCUT2D eigenvalue weighted by molar-refractivity contribution is 0.405. The monoisotopic (exact) mass is 260 g/mol. The van der Waals surface area contributed by atoms with Crippen LogP contribution in [0.25, 0.3) is 0 Å². The molecule has 0 aliphatic carbocycles. The maximum Gasteiger partial charge on any atom is 0.132 e. The lowest BCUT2D eigenvalue weighted by Crippen LogP contribution is -2.07. The van der Waals surface area contributed by atoms with Gasteiger partial charge < -0.3 is 10.5 Å². The maximum atomic E-state index is 5.95. The van der Waals surface area contributed by atoms with E-state index in [9.17, 15) is 0 Å². The van der Waals surface area contributed by atoms with Crippen molar-refractivity contribution in [2.24, 2.45) is 5.73 Å². The standard InChI is InChI=1S/C14H16N2OS/c1-10(15)11-6-5-9-16-14(11)18-13-8-4-3-7-12(13)17-2/h3-10H,15H2,1-2H3/t10-/m1/s1. The molecule has 0 fully saturated rings. The molecule has 0 saturated heterocycles. The number of rotatable bonds is 4. The summed E-state index contributed by atoms with van der Waals surface area (Å²) in [5.74, 6) is 0.851. The zero-order chi connectivity index (χ0) is 13.0. The van der Waals surface area contributed by atoms with Gasteiger partial charge >= 0.3 is 0 Å². The van der Waals surface area contributed by atoms with E-state index in [1.54, 1.807) is 25.1 Å². The van der Waals surface area contributed by atoms with Crippen LogP contribution < -0.4 is 10.5 Å². The van der Waals surface area contributed by atoms with Gasteiger partial charge in [-0.3, -0.25) is 0 Å². The van der Waals surface area contributed by atoms with Crippen molar-refractivity contribution < 1.29 is 4.74 Å². The predicted molar refractivity (Wildman–Crippen MR) is 74.0 cm³/mol. The summed E-state index contributed by atoms with van der Waals surface area (Å²) in [6, 6.07) is 11.8. The molecule has 2 rings (SSSR count). The van der Waals surface area contributed by atoms with Crippen LogP contribution in [0.1, 0.15) is 18.5 Å². The zero-order valence-corrected chi connectivity index (χ0v) is 11.3. The van der Waals surface area contributed by atoms with Crippen LogP contribution >= 0.6 is 11.8 Å². The molecule has 3 nitrogen and oxygen atoms in total. The Bertz CT molecular complexity index is 529. The van der Waals surface area contributed by atoms with Gasteiger partial charge in [0.1, 0.15) is 10.8 Å². The summed E-state index contributed by atoms with van der Waals surface area (Å²) in [6.45, 7) is 1.96. The van der Waals surface area contributed by atoms with E-state index in [1.165, 1.54) is 0 Å². The molecule has 2 aromatic rings. The highest BCUT2D eigenvalue weighted by atomic mass is 32.2. The Hall–Kier alpha value is -1.52. The Labute approximate surface area is 111 Å². The molecule has 1 aromatic heterocycles. The summed E-state index contributed by atoms with van der Waals surface area (Å²) in [5.41, 5.74) is 7.00. The van der Waals surface area contributed by atoms with E-state index in [1.807, 2.05) is 43.3 Å². The first-order chi connectivity index (χ1) is 8.72. The molecule has 0 spiro atoms. The van der Waals surface area contributed by atoms with Crippen molar-refractivity contribution in [2.75, 3.05) is 7.11 Å². The fourth-order valence-corrected chi connectivity index (χ4v) is 2.73. The third-order valence-corrected chi connectivity index (χ3v) is 3.66. The van der Waals surface area contributed by atoms with Crippen molar-refractivity contribution in [3.05, 3.63) is 48.2 Å². The van der Waals surface area contributed by atoms with Gasteiger partial charge in [0, 0.05) is 17.8 Å². The van der Waals surface area contributed by atoms with Crippen LogP contribution in [-0.4, -0.2) is 12.1 Å². The number of nitrogens with two attached hydrogens (primary N) is 1. The van der Waals surface area contributed by atoms with Crippen molar-refractivity contribution in [2.45, 2.75) is 22.9 Å². The first-order valence-corrected chi connectivity index (χ1v) is 6.55. The molecule has 4 heteroatoms. The van der Waals surface area contributed by atoms with Crippen molar-refractivity contribution in [3.8, 4) is 5.75 Å². The second-order valence-corrected chi connectivity index (χ2v) is 4.97. The Morgan fingerprint density at radius 2 is 2.00 bits per heavy atom. The van der Waals surface area contributed by atoms with Gasteiger partial charge in [-0.15, -0.1) is 0 Å². The third-order valence-electron chi connectivity index (χ3n) is 2.57. The summed E-state index contributed by atoms with van der Waals surface area (Å²) >= 11 is 1.58. The van der Waals surface area contributed by atoms with E-state index >= 15 is 0 Å². The second kappa shape index (κ2) is 5.89. The number of nitrogens with zero attached hydrogens (tertiary/aromatic N) is 1. The second-order valence-electron chi connectivity index (χ2n) is 3.94. The van der Waals surface area contributed by atoms with E-state index in [-0.39, 0.29) is 6.04 Å². The van der Waals surface area contributed by atoms with Gasteiger partial charge in [0.05, 0.1) is 12.0 Å². The first kappa shape index (κ1) is 12.9. The van der Waals surface area contributed by atoms with Gasteiger partial charge in [-0.05, 0) is 25.1 Å². The zero-order valence-electron chi connectivity index (χ0n) is 10.5. The minimum absolute atomic E-state index is 0.0316. The molecule has 0 radical (unpaired) electrons. The van der Waals surface area contributed by atoms with Crippen LogP contribution in [0.2, 0.25) is 0 Å². The molecule has 94 valence electrons. The summed E-state index contributed by atoms with van der Waals surface area (Å²) in [5, 5.41) is 0.928. The Morgan fingerprint density at radius 3 is 2.72 bits per heavy atom. The van der Waals surface area contributed by atoms with Gasteiger partial charge in [-0.1, -0.05) is 30.0 Å². The van der Waals surface area contributed by atoms with Gasteiger partial charge in [-0.2, -0.15) is 0 Å². The SMILES string of the molecule is COc1ccccc1Sc1ncccc1[C@@H](C)N. The largest absolute Gasteiger partial charge is 0.496 e. The number of hydrogen-bond donors (Lipinski definition) is 1. The van der Waals surface area contributed by atoms with E-state index in [2.05, 4.69) is 4.98 Å². The number of benzene rings is 1. The topological polar surface area (TPSA) is 48.1 Å². The molecular formula is C14H16N2OS. The highest BCUT2D eigenvalue weighted by Crippen LogP contribution is 2.36. The Balaban J connectivity index is 2.34. The van der Waals surface area contributed by atoms with Crippen LogP contribution in [0.4, 0.5) is 0 Å². The number of methoxy groups -OCH3 is 1. The van der Waals surface area contributed by atoms with Gasteiger partial charge in [0.2, 0.25) is 0 Å². The molecule has 0 bridgehead atoms. The third kappa shape index (κ3) is 2.83. The van der Waals surface area contributed by atoms with E-state index in [0.717, 1.165) is 21.2 Å². The molecule has 0 aliphatic rings. The summed E-state index contributed by atoms with van der Waals surface area (Å²) in [6.07, 6.45) is 1.78. The van der Waals surface area contributed by atoms with Crippen LogP contribution in [0.3, 0.4) is 0 Å². The molecule has 1 heterocycles. The van der Waals surface area contributed by atoms with Crippen LogP contribution in [0.5, 0.6) is 5.75 Å². The molecule has 0 unspecified atom stereocenters. The predicted octanol–water partition coefficient (Wildman–Crippen LogP) is 3.26. The van der Waals surface area contributed by atoms with Gasteiger partial charge in [0.15, 0.2) is 0 Å². The quantitative estimate of drug-likeness (QED) is 0.916. The minimum atomic E-state index is -0.0316. The number of ether oxygens (including phenoxy) is 1. The molecule has 0 aliphatic heterocycles. The highest BCUT2D eigenvalue weighted by Gasteiger charge is 2.11. The number of hydrogen-bond acceptors (Lipinski definition) is 4. The van der Waals surface area contributed by atoms with Crippen LogP contribution in [-0.2, 0) is 0 Å². The fraction of sp³-hybridized carbons (Fsp3) is 0.214. The molecule has 0 amide bonds. The highest BCUT2D eigenvalue weighted by molar-refractivity contribution is 7.99. The normalized spacial score (nSPS) is 12.2. The molecule has 18 heavy (non-hydrogen) atoms. The number of para-hydroxylation sites is 1. The van der Waals surface area contributed by atoms with Crippen LogP contribution in [0.15, 0.2) is 52.5 Å². The van der Waals surface area contributed by atoms with E-state index < -0.39 is 0 Å². The number of pyridine rings is 1. The maximum absolute atomic E-state index is 5.95. The summed E-state index contributed by atoms with van der Waals surface area (Å²) < 4.78 is 5.34. The average molecular weight is 260 g/mol. The summed E-state index contributed by atoms with van der Waals surface area (Å²) in [7, 11) is 1.67. The lowest BCUT2D eigenvalue weighted by atomic mass is 10.2. The first-order valence-electron chi connectivity index (χ1n) is 5.73. The fourth-order valence-electron chi connectivity index (χ4n) is 1.64. The molecule has 1 aromatic carbocycles. The Morgan fingerprint density at radius 1 is 1.22 bits per heavy atom. The Kier molecular flexibility index (Phi) is 4.23. The van der Waals surface area contributed by atoms with Crippen molar-refractivity contribution in [1.29, 1.82) is 0 Å². The van der Waals surface area contributed by atoms with Crippen molar-refractivity contribution in [3.63, 3.8) is 0 Å². The van der Waals surface area contributed by atoms with E-state index in [0.29, 0.717) is 0 Å². The van der Waals surface area contributed by atoms with Crippen molar-refractivity contribution in [1.82, 2.24) is 4.98 Å². The molecular weight excluding hydrogens is 244 g/mol.